The minimum absolute atomic E-state index is 0.626. The van der Waals surface area contributed by atoms with Crippen LogP contribution in [0.5, 0.6) is 0 Å². The minimum atomic E-state index is -3.27. The second-order valence-electron chi connectivity index (χ2n) is 4.30. The summed E-state index contributed by atoms with van der Waals surface area (Å²) >= 11 is 6.93. The lowest BCUT2D eigenvalue weighted by molar-refractivity contribution is 0.607. The van der Waals surface area contributed by atoms with Gasteiger partial charge < -0.3 is 0 Å². The van der Waals surface area contributed by atoms with Gasteiger partial charge in [0.25, 0.3) is 0 Å². The maximum absolute atomic E-state index is 11.4. The van der Waals surface area contributed by atoms with Crippen molar-refractivity contribution in [3.8, 4) is 0 Å². The van der Waals surface area contributed by atoms with E-state index in [1.807, 2.05) is 12.1 Å². The molecule has 1 aromatic carbocycles. The zero-order valence-electron chi connectivity index (χ0n) is 9.83. The fraction of sp³-hybridized carbons (Fsp3) is 0.333. The van der Waals surface area contributed by atoms with Crippen LogP contribution in [0.15, 0.2) is 27.2 Å². The Morgan fingerprint density at radius 2 is 1.94 bits per heavy atom. The van der Waals surface area contributed by atoms with Crippen LogP contribution in [-0.4, -0.2) is 14.7 Å². The van der Waals surface area contributed by atoms with Crippen LogP contribution in [0.2, 0.25) is 0 Å². The molecule has 2 rings (SSSR count). The van der Waals surface area contributed by atoms with E-state index in [0.29, 0.717) is 5.69 Å². The predicted octanol–water partition coefficient (Wildman–Crippen LogP) is 4.11. The summed E-state index contributed by atoms with van der Waals surface area (Å²) in [6.07, 6.45) is 4.25. The quantitative estimate of drug-likeness (QED) is 0.838. The number of rotatable bonds is 3. The molecule has 0 saturated carbocycles. The van der Waals surface area contributed by atoms with Crippen molar-refractivity contribution >= 4 is 53.1 Å². The van der Waals surface area contributed by atoms with Gasteiger partial charge in [-0.3, -0.25) is 4.72 Å². The molecule has 0 bridgehead atoms. The van der Waals surface area contributed by atoms with Crippen LogP contribution in [-0.2, 0) is 10.0 Å². The van der Waals surface area contributed by atoms with Gasteiger partial charge in [0.1, 0.15) is 0 Å². The molecule has 0 spiro atoms. The zero-order valence-corrected chi connectivity index (χ0v) is 13.8. The summed E-state index contributed by atoms with van der Waals surface area (Å²) in [6.45, 7) is 0. The van der Waals surface area contributed by atoms with Gasteiger partial charge in [-0.05, 0) is 41.5 Å². The summed E-state index contributed by atoms with van der Waals surface area (Å²) in [5.41, 5.74) is 2.77. The Hall–Kier alpha value is -0.330. The summed E-state index contributed by atoms with van der Waals surface area (Å²) in [5, 5.41) is 0. The lowest BCUT2D eigenvalue weighted by atomic mass is 10.0. The maximum Gasteiger partial charge on any atom is 0.229 e. The van der Waals surface area contributed by atoms with E-state index in [0.717, 1.165) is 35.6 Å². The zero-order chi connectivity index (χ0) is 13.3. The van der Waals surface area contributed by atoms with E-state index in [2.05, 4.69) is 36.6 Å². The van der Waals surface area contributed by atoms with Crippen LogP contribution in [0.25, 0.3) is 5.57 Å². The van der Waals surface area contributed by atoms with Gasteiger partial charge in [-0.25, -0.2) is 8.42 Å². The molecular weight excluding hydrogens is 382 g/mol. The van der Waals surface area contributed by atoms with Crippen molar-refractivity contribution in [2.45, 2.75) is 19.3 Å². The first-order valence-corrected chi connectivity index (χ1v) is 9.00. The van der Waals surface area contributed by atoms with Gasteiger partial charge in [-0.15, -0.1) is 0 Å². The van der Waals surface area contributed by atoms with Crippen molar-refractivity contribution in [3.63, 3.8) is 0 Å². The third-order valence-electron chi connectivity index (χ3n) is 2.75. The molecule has 1 N–H and O–H groups in total. The fourth-order valence-corrected chi connectivity index (χ4v) is 3.67. The number of hydrogen-bond donors (Lipinski definition) is 1. The highest BCUT2D eigenvalue weighted by molar-refractivity contribution is 9.11. The standard InChI is InChI=1S/C12H13Br2NO2S/c1-18(16,17)15-12-7-8(13)5-6-10(12)9-3-2-4-11(9)14/h5-7,15H,2-4H2,1H3. The Morgan fingerprint density at radius 3 is 2.50 bits per heavy atom. The third-order valence-corrected chi connectivity index (χ3v) is 4.71. The van der Waals surface area contributed by atoms with Crippen molar-refractivity contribution < 1.29 is 8.42 Å². The molecule has 0 saturated heterocycles. The molecule has 0 radical (unpaired) electrons. The molecule has 0 atom stereocenters. The summed E-state index contributed by atoms with van der Waals surface area (Å²) in [7, 11) is -3.27. The summed E-state index contributed by atoms with van der Waals surface area (Å²) < 4.78 is 27.4. The monoisotopic (exact) mass is 393 g/mol. The van der Waals surface area contributed by atoms with Gasteiger partial charge >= 0.3 is 0 Å². The first-order valence-electron chi connectivity index (χ1n) is 5.52. The highest BCUT2D eigenvalue weighted by Gasteiger charge is 2.18. The number of anilines is 1. The van der Waals surface area contributed by atoms with E-state index in [-0.39, 0.29) is 0 Å². The molecule has 0 amide bonds. The molecular formula is C12H13Br2NO2S. The first-order chi connectivity index (χ1) is 8.37. The van der Waals surface area contributed by atoms with Crippen molar-refractivity contribution in [2.24, 2.45) is 0 Å². The second-order valence-corrected chi connectivity index (χ2v) is 7.92. The predicted molar refractivity (Wildman–Crippen MR) is 82.3 cm³/mol. The smallest absolute Gasteiger partial charge is 0.229 e. The number of nitrogens with one attached hydrogen (secondary N) is 1. The molecule has 1 aromatic rings. The van der Waals surface area contributed by atoms with E-state index in [1.165, 1.54) is 10.1 Å². The van der Waals surface area contributed by atoms with Gasteiger partial charge in [0.05, 0.1) is 11.9 Å². The normalized spacial score (nSPS) is 16.2. The summed E-state index contributed by atoms with van der Waals surface area (Å²) in [5.74, 6) is 0. The SMILES string of the molecule is CS(=O)(=O)Nc1cc(Br)ccc1C1=C(Br)CCC1. The Kier molecular flexibility index (Phi) is 4.18. The van der Waals surface area contributed by atoms with Gasteiger partial charge in [-0.1, -0.05) is 37.9 Å². The van der Waals surface area contributed by atoms with Crippen LogP contribution in [0, 0.1) is 0 Å². The number of allylic oxidation sites excluding steroid dienone is 2. The van der Waals surface area contributed by atoms with Crippen LogP contribution in [0.1, 0.15) is 24.8 Å². The molecule has 0 aliphatic heterocycles. The Labute approximate surface area is 124 Å². The average molecular weight is 395 g/mol. The molecule has 0 fully saturated rings. The van der Waals surface area contributed by atoms with Crippen molar-refractivity contribution in [1.29, 1.82) is 0 Å². The largest absolute Gasteiger partial charge is 0.283 e. The lowest BCUT2D eigenvalue weighted by Crippen LogP contribution is -2.11. The highest BCUT2D eigenvalue weighted by Crippen LogP contribution is 2.40. The van der Waals surface area contributed by atoms with Gasteiger partial charge in [0.2, 0.25) is 10.0 Å². The van der Waals surface area contributed by atoms with E-state index in [9.17, 15) is 8.42 Å². The molecule has 6 heteroatoms. The van der Waals surface area contributed by atoms with Crippen LogP contribution >= 0.6 is 31.9 Å². The third kappa shape index (κ3) is 3.36. The van der Waals surface area contributed by atoms with Crippen LogP contribution in [0.3, 0.4) is 0 Å². The second kappa shape index (κ2) is 5.35. The summed E-state index contributed by atoms with van der Waals surface area (Å²) in [4.78, 5) is 0. The van der Waals surface area contributed by atoms with E-state index < -0.39 is 10.0 Å². The van der Waals surface area contributed by atoms with Crippen molar-refractivity contribution in [2.75, 3.05) is 11.0 Å². The number of benzene rings is 1. The Balaban J connectivity index is 2.50. The molecule has 0 unspecified atom stereocenters. The topological polar surface area (TPSA) is 46.2 Å². The minimum Gasteiger partial charge on any atom is -0.283 e. The molecule has 1 aliphatic rings. The fourth-order valence-electron chi connectivity index (χ4n) is 2.05. The first kappa shape index (κ1) is 14.1. The van der Waals surface area contributed by atoms with E-state index in [4.69, 9.17) is 0 Å². The van der Waals surface area contributed by atoms with E-state index in [1.54, 1.807) is 6.07 Å². The molecule has 3 nitrogen and oxygen atoms in total. The number of sulfonamides is 1. The average Bonchev–Trinajstić information content (AvgIpc) is 2.62. The maximum atomic E-state index is 11.4. The lowest BCUT2D eigenvalue weighted by Gasteiger charge is -2.13. The number of hydrogen-bond acceptors (Lipinski definition) is 2. The molecule has 1 aliphatic carbocycles. The molecule has 18 heavy (non-hydrogen) atoms. The van der Waals surface area contributed by atoms with Gasteiger partial charge in [0, 0.05) is 10.0 Å². The summed E-state index contributed by atoms with van der Waals surface area (Å²) in [6, 6.07) is 5.66. The Morgan fingerprint density at radius 1 is 1.22 bits per heavy atom. The Bertz CT molecular complexity index is 609. The highest BCUT2D eigenvalue weighted by atomic mass is 79.9. The molecule has 0 aromatic heterocycles. The van der Waals surface area contributed by atoms with Gasteiger partial charge in [0.15, 0.2) is 0 Å². The molecule has 0 heterocycles. The van der Waals surface area contributed by atoms with Crippen molar-refractivity contribution in [1.82, 2.24) is 0 Å². The van der Waals surface area contributed by atoms with Gasteiger partial charge in [-0.2, -0.15) is 0 Å². The van der Waals surface area contributed by atoms with Crippen LogP contribution in [0.4, 0.5) is 5.69 Å². The van der Waals surface area contributed by atoms with Crippen molar-refractivity contribution in [3.05, 3.63) is 32.7 Å². The van der Waals surface area contributed by atoms with E-state index >= 15 is 0 Å². The molecule has 98 valence electrons. The number of halogens is 2. The van der Waals surface area contributed by atoms with Crippen LogP contribution < -0.4 is 4.72 Å².